The van der Waals surface area contributed by atoms with Crippen molar-refractivity contribution in [2.75, 3.05) is 26.3 Å². The van der Waals surface area contributed by atoms with Crippen LogP contribution in [0.2, 0.25) is 0 Å². The van der Waals surface area contributed by atoms with Crippen molar-refractivity contribution >= 4 is 11.8 Å². The molecule has 0 bridgehead atoms. The zero-order valence-electron chi connectivity index (χ0n) is 19.4. The Labute approximate surface area is 191 Å². The van der Waals surface area contributed by atoms with E-state index in [1.54, 1.807) is 20.8 Å². The minimum Gasteiger partial charge on any atom is -0.376 e. The molecule has 1 saturated carbocycles. The van der Waals surface area contributed by atoms with E-state index in [1.165, 1.54) is 4.90 Å². The Bertz CT molecular complexity index is 649. The van der Waals surface area contributed by atoms with E-state index in [2.05, 4.69) is 10.1 Å². The first-order valence-corrected chi connectivity index (χ1v) is 11.6. The number of hydrogen-bond donors (Lipinski definition) is 1. The second-order valence-electron chi connectivity index (χ2n) is 9.53. The molecule has 11 heteroatoms. The number of likely N-dealkylation sites (tertiary alicyclic amines) is 1. The minimum atomic E-state index is -4.73. The molecule has 1 heterocycles. The molecule has 0 aromatic carbocycles. The van der Waals surface area contributed by atoms with Crippen LogP contribution in [0.25, 0.3) is 0 Å². The monoisotopic (exact) mass is 486 g/mol. The molecule has 6 nitrogen and oxygen atoms in total. The summed E-state index contributed by atoms with van der Waals surface area (Å²) in [4.78, 5) is 27.0. The minimum absolute atomic E-state index is 0.0532. The van der Waals surface area contributed by atoms with E-state index >= 15 is 0 Å². The third-order valence-electron chi connectivity index (χ3n) is 6.30. The second-order valence-corrected chi connectivity index (χ2v) is 9.53. The van der Waals surface area contributed by atoms with Gasteiger partial charge in [0.2, 0.25) is 17.7 Å². The summed E-state index contributed by atoms with van der Waals surface area (Å²) in [5.41, 5.74) is 0. The van der Waals surface area contributed by atoms with Gasteiger partial charge in [-0.1, -0.05) is 13.8 Å². The normalized spacial score (nSPS) is 23.9. The Morgan fingerprint density at radius 2 is 1.70 bits per heavy atom. The van der Waals surface area contributed by atoms with E-state index in [-0.39, 0.29) is 43.7 Å². The lowest BCUT2D eigenvalue weighted by Crippen LogP contribution is -2.57. The van der Waals surface area contributed by atoms with Gasteiger partial charge in [0.25, 0.3) is 0 Å². The van der Waals surface area contributed by atoms with Gasteiger partial charge < -0.3 is 15.0 Å². The third-order valence-corrected chi connectivity index (χ3v) is 6.30. The van der Waals surface area contributed by atoms with Crippen molar-refractivity contribution in [1.82, 2.24) is 10.2 Å². The van der Waals surface area contributed by atoms with Crippen molar-refractivity contribution < 1.29 is 41.0 Å². The fourth-order valence-electron chi connectivity index (χ4n) is 4.16. The molecule has 3 unspecified atom stereocenters. The van der Waals surface area contributed by atoms with Gasteiger partial charge in [0, 0.05) is 44.4 Å². The van der Waals surface area contributed by atoms with Gasteiger partial charge in [0.15, 0.2) is 0 Å². The zero-order valence-corrected chi connectivity index (χ0v) is 19.4. The first kappa shape index (κ1) is 27.8. The zero-order chi connectivity index (χ0) is 24.8. The summed E-state index contributed by atoms with van der Waals surface area (Å²) in [6.45, 7) is 5.10. The van der Waals surface area contributed by atoms with Crippen molar-refractivity contribution in [3.63, 3.8) is 0 Å². The Morgan fingerprint density at radius 1 is 1.06 bits per heavy atom. The first-order chi connectivity index (χ1) is 15.3. The molecule has 33 heavy (non-hydrogen) atoms. The SMILES string of the molecule is CC(C)C(=O)NC(C(=O)N1CCCC(COC(F)(F)F)C1)C(C)OCC1CCC(F)(F)CC1. The fraction of sp³-hybridized carbons (Fsp3) is 0.909. The molecule has 2 amide bonds. The number of carbonyl (C=O) groups excluding carboxylic acids is 2. The molecule has 0 aromatic heterocycles. The average molecular weight is 487 g/mol. The number of amides is 2. The van der Waals surface area contributed by atoms with E-state index in [0.717, 1.165) is 0 Å². The maximum atomic E-state index is 13.4. The van der Waals surface area contributed by atoms with Crippen LogP contribution in [-0.4, -0.2) is 67.4 Å². The molecule has 1 saturated heterocycles. The molecule has 1 aliphatic heterocycles. The fourth-order valence-corrected chi connectivity index (χ4v) is 4.16. The molecule has 0 radical (unpaired) electrons. The van der Waals surface area contributed by atoms with Gasteiger partial charge in [0.1, 0.15) is 6.04 Å². The number of nitrogens with zero attached hydrogens (tertiary/aromatic N) is 1. The number of carbonyl (C=O) groups is 2. The van der Waals surface area contributed by atoms with Crippen LogP contribution in [0.4, 0.5) is 22.0 Å². The summed E-state index contributed by atoms with van der Waals surface area (Å²) < 4.78 is 73.7. The van der Waals surface area contributed by atoms with Crippen molar-refractivity contribution in [1.29, 1.82) is 0 Å². The predicted octanol–water partition coefficient (Wildman–Crippen LogP) is 4.13. The van der Waals surface area contributed by atoms with E-state index in [1.807, 2.05) is 0 Å². The van der Waals surface area contributed by atoms with Crippen molar-refractivity contribution in [3.05, 3.63) is 0 Å². The number of halogens is 5. The Morgan fingerprint density at radius 3 is 2.27 bits per heavy atom. The molecule has 0 aromatic rings. The maximum absolute atomic E-state index is 13.4. The van der Waals surface area contributed by atoms with Crippen LogP contribution >= 0.6 is 0 Å². The number of ether oxygens (including phenoxy) is 2. The second kappa shape index (κ2) is 11.8. The van der Waals surface area contributed by atoms with Crippen molar-refractivity contribution in [3.8, 4) is 0 Å². The molecule has 192 valence electrons. The lowest BCUT2D eigenvalue weighted by molar-refractivity contribution is -0.329. The van der Waals surface area contributed by atoms with Gasteiger partial charge in [-0.2, -0.15) is 0 Å². The Hall–Kier alpha value is -1.49. The molecule has 0 spiro atoms. The highest BCUT2D eigenvalue weighted by Gasteiger charge is 2.38. The quantitative estimate of drug-likeness (QED) is 0.498. The van der Waals surface area contributed by atoms with Crippen LogP contribution in [0, 0.1) is 17.8 Å². The van der Waals surface area contributed by atoms with Crippen molar-refractivity contribution in [2.24, 2.45) is 17.8 Å². The summed E-state index contributed by atoms with van der Waals surface area (Å²) in [7, 11) is 0. The molecule has 3 atom stereocenters. The summed E-state index contributed by atoms with van der Waals surface area (Å²) >= 11 is 0. The number of hydrogen-bond acceptors (Lipinski definition) is 4. The number of rotatable bonds is 9. The number of alkyl halides is 5. The van der Waals surface area contributed by atoms with Gasteiger partial charge in [-0.25, -0.2) is 8.78 Å². The van der Waals surface area contributed by atoms with Crippen LogP contribution in [0.15, 0.2) is 0 Å². The summed E-state index contributed by atoms with van der Waals surface area (Å²) in [6, 6.07) is -1.02. The Balaban J connectivity index is 1.99. The third kappa shape index (κ3) is 9.35. The van der Waals surface area contributed by atoms with Crippen LogP contribution in [0.5, 0.6) is 0 Å². The van der Waals surface area contributed by atoms with Gasteiger partial charge in [-0.3, -0.25) is 14.3 Å². The van der Waals surface area contributed by atoms with E-state index in [9.17, 15) is 31.5 Å². The largest absolute Gasteiger partial charge is 0.522 e. The standard InChI is InChI=1S/C22H35F5N2O4/c1-14(2)19(30)28-18(15(3)32-12-16-6-8-21(23,24)9-7-16)20(31)29-10-4-5-17(11-29)13-33-22(25,26)27/h14-18H,4-13H2,1-3H3,(H,28,30). The number of nitrogens with one attached hydrogen (secondary N) is 1. The summed E-state index contributed by atoms with van der Waals surface area (Å²) in [5, 5.41) is 2.70. The maximum Gasteiger partial charge on any atom is 0.522 e. The molecule has 2 fully saturated rings. The molecule has 2 rings (SSSR count). The first-order valence-electron chi connectivity index (χ1n) is 11.6. The average Bonchev–Trinajstić information content (AvgIpc) is 2.74. The molecule has 1 N–H and O–H groups in total. The van der Waals surface area contributed by atoms with Gasteiger partial charge >= 0.3 is 6.36 Å². The van der Waals surface area contributed by atoms with E-state index in [4.69, 9.17) is 4.74 Å². The Kier molecular flexibility index (Phi) is 9.90. The van der Waals surface area contributed by atoms with Crippen LogP contribution in [-0.2, 0) is 19.1 Å². The smallest absolute Gasteiger partial charge is 0.376 e. The van der Waals surface area contributed by atoms with Gasteiger partial charge in [-0.05, 0) is 38.5 Å². The highest BCUT2D eigenvalue weighted by molar-refractivity contribution is 5.88. The van der Waals surface area contributed by atoms with Crippen LogP contribution in [0.1, 0.15) is 59.3 Å². The van der Waals surface area contributed by atoms with Crippen LogP contribution in [0.3, 0.4) is 0 Å². The van der Waals surface area contributed by atoms with E-state index < -0.39 is 42.9 Å². The highest BCUT2D eigenvalue weighted by atomic mass is 19.4. The summed E-state index contributed by atoms with van der Waals surface area (Å²) in [6.07, 6.45) is -4.18. The topological polar surface area (TPSA) is 67.9 Å². The van der Waals surface area contributed by atoms with Gasteiger partial charge in [0.05, 0.1) is 12.7 Å². The lowest BCUT2D eigenvalue weighted by atomic mass is 9.87. The van der Waals surface area contributed by atoms with E-state index in [0.29, 0.717) is 32.2 Å². The molecular formula is C22H35F5N2O4. The molecule has 1 aliphatic carbocycles. The van der Waals surface area contributed by atoms with Crippen molar-refractivity contribution in [2.45, 2.75) is 83.7 Å². The predicted molar refractivity (Wildman–Crippen MR) is 110 cm³/mol. The molecular weight excluding hydrogens is 451 g/mol. The lowest BCUT2D eigenvalue weighted by Gasteiger charge is -2.37. The number of piperidine rings is 1. The van der Waals surface area contributed by atoms with Crippen LogP contribution < -0.4 is 5.32 Å². The van der Waals surface area contributed by atoms with Gasteiger partial charge in [-0.15, -0.1) is 13.2 Å². The molecule has 2 aliphatic rings. The summed E-state index contributed by atoms with van der Waals surface area (Å²) in [5.74, 6) is -4.33. The highest BCUT2D eigenvalue weighted by Crippen LogP contribution is 2.36.